The van der Waals surface area contributed by atoms with Crippen molar-refractivity contribution in [2.45, 2.75) is 64.3 Å². The molecular formula is C13H27NOS. The summed E-state index contributed by atoms with van der Waals surface area (Å²) in [6.07, 6.45) is 10.0. The third kappa shape index (κ3) is 5.44. The summed E-state index contributed by atoms with van der Waals surface area (Å²) in [6, 6.07) is 0.183. The van der Waals surface area contributed by atoms with Gasteiger partial charge in [0.1, 0.15) is 0 Å². The van der Waals surface area contributed by atoms with Gasteiger partial charge in [0.2, 0.25) is 0 Å². The molecule has 0 aliphatic heterocycles. The second-order valence-corrected chi connectivity index (χ2v) is 6.70. The number of hydrogen-bond acceptors (Lipinski definition) is 2. The van der Waals surface area contributed by atoms with E-state index in [4.69, 9.17) is 5.73 Å². The van der Waals surface area contributed by atoms with E-state index < -0.39 is 10.8 Å². The molecule has 0 aromatic rings. The molecule has 1 rings (SSSR count). The molecule has 0 spiro atoms. The van der Waals surface area contributed by atoms with Crippen LogP contribution in [0.25, 0.3) is 0 Å². The van der Waals surface area contributed by atoms with Gasteiger partial charge in [0, 0.05) is 28.3 Å². The molecular weight excluding hydrogens is 218 g/mol. The Balaban J connectivity index is 2.16. The Bertz CT molecular complexity index is 202. The van der Waals surface area contributed by atoms with Crippen LogP contribution < -0.4 is 5.73 Å². The molecule has 1 fully saturated rings. The summed E-state index contributed by atoms with van der Waals surface area (Å²) in [7, 11) is -0.678. The lowest BCUT2D eigenvalue weighted by Crippen LogP contribution is -2.36. The highest BCUT2D eigenvalue weighted by molar-refractivity contribution is 7.85. The summed E-state index contributed by atoms with van der Waals surface area (Å²) < 4.78 is 11.8. The SMILES string of the molecule is CCCCCS(=O)CC(N)C1CCCCC1. The highest BCUT2D eigenvalue weighted by Crippen LogP contribution is 2.25. The molecule has 0 radical (unpaired) electrons. The number of rotatable bonds is 7. The topological polar surface area (TPSA) is 43.1 Å². The van der Waals surface area contributed by atoms with Gasteiger partial charge in [-0.1, -0.05) is 39.0 Å². The van der Waals surface area contributed by atoms with Crippen LogP contribution in [0.5, 0.6) is 0 Å². The summed E-state index contributed by atoms with van der Waals surface area (Å²) in [4.78, 5) is 0. The van der Waals surface area contributed by atoms with Crippen LogP contribution in [0, 0.1) is 5.92 Å². The van der Waals surface area contributed by atoms with Crippen LogP contribution in [-0.4, -0.2) is 21.8 Å². The fraction of sp³-hybridized carbons (Fsp3) is 1.00. The second-order valence-electron chi connectivity index (χ2n) is 5.08. The van der Waals surface area contributed by atoms with E-state index in [1.165, 1.54) is 44.9 Å². The zero-order valence-corrected chi connectivity index (χ0v) is 11.4. The molecule has 2 nitrogen and oxygen atoms in total. The van der Waals surface area contributed by atoms with Crippen molar-refractivity contribution in [1.82, 2.24) is 0 Å². The second kappa shape index (κ2) is 8.24. The van der Waals surface area contributed by atoms with Crippen LogP contribution >= 0.6 is 0 Å². The lowest BCUT2D eigenvalue weighted by molar-refractivity contribution is 0.318. The van der Waals surface area contributed by atoms with E-state index in [-0.39, 0.29) is 6.04 Å². The van der Waals surface area contributed by atoms with Crippen LogP contribution in [0.1, 0.15) is 58.3 Å². The summed E-state index contributed by atoms with van der Waals surface area (Å²) >= 11 is 0. The maximum Gasteiger partial charge on any atom is 0.0389 e. The molecule has 3 heteroatoms. The summed E-state index contributed by atoms with van der Waals surface area (Å²) in [5.41, 5.74) is 6.16. The van der Waals surface area contributed by atoms with Gasteiger partial charge in [-0.25, -0.2) is 0 Å². The van der Waals surface area contributed by atoms with Gasteiger partial charge in [-0.15, -0.1) is 0 Å². The maximum absolute atomic E-state index is 11.8. The molecule has 16 heavy (non-hydrogen) atoms. The molecule has 0 aromatic carbocycles. The molecule has 0 amide bonds. The Morgan fingerprint density at radius 1 is 1.25 bits per heavy atom. The van der Waals surface area contributed by atoms with Crippen molar-refractivity contribution >= 4 is 10.8 Å². The van der Waals surface area contributed by atoms with Crippen LogP contribution in [0.15, 0.2) is 0 Å². The van der Waals surface area contributed by atoms with E-state index in [9.17, 15) is 4.21 Å². The minimum absolute atomic E-state index is 0.183. The molecule has 1 aliphatic carbocycles. The van der Waals surface area contributed by atoms with Crippen LogP contribution in [0.4, 0.5) is 0 Å². The van der Waals surface area contributed by atoms with Gasteiger partial charge in [-0.2, -0.15) is 0 Å². The van der Waals surface area contributed by atoms with Gasteiger partial charge in [-0.3, -0.25) is 4.21 Å². The van der Waals surface area contributed by atoms with Gasteiger partial charge in [-0.05, 0) is 25.2 Å². The smallest absolute Gasteiger partial charge is 0.0389 e. The zero-order chi connectivity index (χ0) is 11.8. The Hall–Kier alpha value is 0.110. The standard InChI is InChI=1S/C13H27NOS/c1-2-3-7-10-16(15)11-13(14)12-8-5-4-6-9-12/h12-13H,2-11,14H2,1H3. The number of unbranched alkanes of at least 4 members (excludes halogenated alkanes) is 2. The lowest BCUT2D eigenvalue weighted by Gasteiger charge is -2.27. The van der Waals surface area contributed by atoms with E-state index in [0.29, 0.717) is 5.92 Å². The van der Waals surface area contributed by atoms with Crippen LogP contribution in [0.3, 0.4) is 0 Å². The first-order chi connectivity index (χ1) is 7.74. The highest BCUT2D eigenvalue weighted by atomic mass is 32.2. The van der Waals surface area contributed by atoms with Gasteiger partial charge < -0.3 is 5.73 Å². The fourth-order valence-corrected chi connectivity index (χ4v) is 3.90. The third-order valence-corrected chi connectivity index (χ3v) is 5.11. The number of nitrogens with two attached hydrogens (primary N) is 1. The Morgan fingerprint density at radius 3 is 2.56 bits per heavy atom. The minimum Gasteiger partial charge on any atom is -0.327 e. The molecule has 0 aromatic heterocycles. The Kier molecular flexibility index (Phi) is 7.30. The van der Waals surface area contributed by atoms with Gasteiger partial charge >= 0.3 is 0 Å². The van der Waals surface area contributed by atoms with E-state index in [2.05, 4.69) is 6.92 Å². The molecule has 96 valence electrons. The summed E-state index contributed by atoms with van der Waals surface area (Å²) in [6.45, 7) is 2.18. The van der Waals surface area contributed by atoms with Crippen LogP contribution in [0.2, 0.25) is 0 Å². The minimum atomic E-state index is -0.678. The Morgan fingerprint density at radius 2 is 1.94 bits per heavy atom. The van der Waals surface area contributed by atoms with Crippen molar-refractivity contribution in [3.05, 3.63) is 0 Å². The van der Waals surface area contributed by atoms with E-state index in [1.54, 1.807) is 0 Å². The lowest BCUT2D eigenvalue weighted by atomic mass is 9.85. The van der Waals surface area contributed by atoms with Crippen molar-refractivity contribution in [2.24, 2.45) is 11.7 Å². The molecule has 1 aliphatic rings. The Labute approximate surface area is 103 Å². The predicted molar refractivity (Wildman–Crippen MR) is 72.0 cm³/mol. The monoisotopic (exact) mass is 245 g/mol. The highest BCUT2D eigenvalue weighted by Gasteiger charge is 2.21. The van der Waals surface area contributed by atoms with Crippen LogP contribution in [-0.2, 0) is 10.8 Å². The first kappa shape index (κ1) is 14.2. The number of hydrogen-bond donors (Lipinski definition) is 1. The first-order valence-corrected chi connectivity index (χ1v) is 8.33. The van der Waals surface area contributed by atoms with Gasteiger partial charge in [0.25, 0.3) is 0 Å². The molecule has 2 N–H and O–H groups in total. The predicted octanol–water partition coefficient (Wildman–Crippen LogP) is 2.83. The average Bonchev–Trinajstić information content (AvgIpc) is 2.30. The van der Waals surface area contributed by atoms with E-state index in [0.717, 1.165) is 17.9 Å². The van der Waals surface area contributed by atoms with E-state index in [1.807, 2.05) is 0 Å². The normalized spacial score (nSPS) is 21.9. The molecule has 1 saturated carbocycles. The van der Waals surface area contributed by atoms with Crippen molar-refractivity contribution in [2.75, 3.05) is 11.5 Å². The largest absolute Gasteiger partial charge is 0.327 e. The van der Waals surface area contributed by atoms with Crippen molar-refractivity contribution in [3.8, 4) is 0 Å². The average molecular weight is 245 g/mol. The molecule has 0 heterocycles. The molecule has 2 atom stereocenters. The van der Waals surface area contributed by atoms with Crippen molar-refractivity contribution < 1.29 is 4.21 Å². The third-order valence-electron chi connectivity index (χ3n) is 3.61. The van der Waals surface area contributed by atoms with Gasteiger partial charge in [0.05, 0.1) is 0 Å². The molecule has 2 unspecified atom stereocenters. The summed E-state index contributed by atoms with van der Waals surface area (Å²) in [5.74, 6) is 2.23. The van der Waals surface area contributed by atoms with Crippen molar-refractivity contribution in [3.63, 3.8) is 0 Å². The molecule has 0 bridgehead atoms. The fourth-order valence-electron chi connectivity index (χ4n) is 2.51. The van der Waals surface area contributed by atoms with E-state index >= 15 is 0 Å². The zero-order valence-electron chi connectivity index (χ0n) is 10.6. The maximum atomic E-state index is 11.8. The summed E-state index contributed by atoms with van der Waals surface area (Å²) in [5, 5.41) is 0. The van der Waals surface area contributed by atoms with Gasteiger partial charge in [0.15, 0.2) is 0 Å². The first-order valence-electron chi connectivity index (χ1n) is 6.84. The molecule has 0 saturated heterocycles. The van der Waals surface area contributed by atoms with Crippen molar-refractivity contribution in [1.29, 1.82) is 0 Å². The quantitative estimate of drug-likeness (QED) is 0.701.